The third-order valence-corrected chi connectivity index (χ3v) is 15.0. The van der Waals surface area contributed by atoms with Crippen LogP contribution in [0.4, 0.5) is 19.0 Å². The number of hydrogen-bond donors (Lipinski definition) is 5. The van der Waals surface area contributed by atoms with E-state index in [1.165, 1.54) is 12.4 Å². The van der Waals surface area contributed by atoms with Crippen molar-refractivity contribution in [1.82, 2.24) is 50.9 Å². The van der Waals surface area contributed by atoms with Crippen molar-refractivity contribution in [2.45, 2.75) is 146 Å². The Bertz CT molecular complexity index is 2370. The Morgan fingerprint density at radius 1 is 0.903 bits per heavy atom. The van der Waals surface area contributed by atoms with Crippen LogP contribution < -0.4 is 26.6 Å². The lowest BCUT2D eigenvalue weighted by molar-refractivity contribution is -0.137. The smallest absolute Gasteiger partial charge is 0.379 e. The molecule has 6 atom stereocenters. The van der Waals surface area contributed by atoms with E-state index in [0.29, 0.717) is 44.3 Å². The molecule has 72 heavy (non-hydrogen) atoms. The van der Waals surface area contributed by atoms with E-state index >= 15 is 0 Å². The molecule has 0 radical (unpaired) electrons. The summed E-state index contributed by atoms with van der Waals surface area (Å²) in [4.78, 5) is 96.5. The van der Waals surface area contributed by atoms with Crippen molar-refractivity contribution in [3.8, 4) is 0 Å². The minimum absolute atomic E-state index is 0.0167. The molecule has 4 aliphatic rings. The number of aromatic nitrogens is 3. The number of nitrogens with zero attached hydrogens (tertiary/aromatic N) is 6. The average molecular weight is 1010 g/mol. The molecular weight excluding hydrogens is 936 g/mol. The number of nitrogens with one attached hydrogen (secondary N) is 5. The Kier molecular flexibility index (Phi) is 18.4. The molecule has 0 spiro atoms. The van der Waals surface area contributed by atoms with Gasteiger partial charge < -0.3 is 46.0 Å². The minimum Gasteiger partial charge on any atom is -0.379 e. The molecule has 4 fully saturated rings. The normalized spacial score (nSPS) is 24.7. The molecule has 2 aliphatic heterocycles. The average Bonchev–Trinajstić information content (AvgIpc) is 3.87. The predicted octanol–water partition coefficient (Wildman–Crippen LogP) is 4.51. The molecule has 2 saturated heterocycles. The van der Waals surface area contributed by atoms with Crippen LogP contribution in [0.15, 0.2) is 49.1 Å². The largest absolute Gasteiger partial charge is 0.416 e. The number of halogens is 3. The molecule has 1 aromatic carbocycles. The molecule has 3 aromatic rings. The van der Waals surface area contributed by atoms with Crippen LogP contribution in [0.5, 0.6) is 0 Å². The third kappa shape index (κ3) is 14.0. The molecule has 2 aliphatic carbocycles. The topological polar surface area (TPSA) is 220 Å². The summed E-state index contributed by atoms with van der Waals surface area (Å²) in [6, 6.07) is 5.63. The first kappa shape index (κ1) is 53.8. The van der Waals surface area contributed by atoms with Gasteiger partial charge in [0.05, 0.1) is 48.3 Å². The number of pyridine rings is 1. The van der Waals surface area contributed by atoms with E-state index in [4.69, 9.17) is 4.74 Å². The zero-order valence-electron chi connectivity index (χ0n) is 41.7. The van der Waals surface area contributed by atoms with Crippen LogP contribution in [0.25, 0.3) is 10.9 Å². The maximum Gasteiger partial charge on any atom is 0.416 e. The highest BCUT2D eigenvalue weighted by Gasteiger charge is 2.44. The first-order chi connectivity index (χ1) is 34.5. The molecule has 5 N–H and O–H groups in total. The van der Waals surface area contributed by atoms with Crippen molar-refractivity contribution >= 4 is 52.2 Å². The van der Waals surface area contributed by atoms with Gasteiger partial charge in [-0.1, -0.05) is 6.07 Å². The number of fused-ring (bicyclic) bond motifs is 1. The summed E-state index contributed by atoms with van der Waals surface area (Å²) in [7, 11) is 3.75. The summed E-state index contributed by atoms with van der Waals surface area (Å²) in [5, 5.41) is 15.5. The van der Waals surface area contributed by atoms with Gasteiger partial charge in [0.2, 0.25) is 35.4 Å². The quantitative estimate of drug-likeness (QED) is 0.0932. The van der Waals surface area contributed by atoms with Crippen molar-refractivity contribution < 1.29 is 46.7 Å². The first-order valence-electron chi connectivity index (χ1n) is 25.4. The molecule has 2 aromatic heterocycles. The molecule has 4 heterocycles. The van der Waals surface area contributed by atoms with Gasteiger partial charge in [-0.2, -0.15) is 13.2 Å². The Morgan fingerprint density at radius 3 is 2.39 bits per heavy atom. The van der Waals surface area contributed by atoms with Gasteiger partial charge in [0, 0.05) is 88.3 Å². The molecule has 18 nitrogen and oxygen atoms in total. The Hall–Kier alpha value is -5.96. The third-order valence-electron chi connectivity index (χ3n) is 15.0. The number of rotatable bonds is 21. The van der Waals surface area contributed by atoms with E-state index in [1.54, 1.807) is 35.3 Å². The first-order valence-corrected chi connectivity index (χ1v) is 25.4. The number of benzene rings is 1. The maximum atomic E-state index is 14.0. The number of anilines is 1. The van der Waals surface area contributed by atoms with Crippen LogP contribution in [0.1, 0.15) is 114 Å². The van der Waals surface area contributed by atoms with E-state index in [9.17, 15) is 41.9 Å². The summed E-state index contributed by atoms with van der Waals surface area (Å²) in [5.74, 6) is -1.05. The number of alkyl halides is 3. The summed E-state index contributed by atoms with van der Waals surface area (Å²) in [6.45, 7) is 5.86. The highest BCUT2D eigenvalue weighted by molar-refractivity contribution is 5.93. The zero-order valence-corrected chi connectivity index (χ0v) is 41.7. The van der Waals surface area contributed by atoms with E-state index in [-0.39, 0.29) is 134 Å². The SMILES string of the molecule is CC(C)N(C)[C@@H]1CC[C@H](N2CC[C@H](Nc3ncnc4ccc(C(F)(F)F)cc34)C2=O)[C@H](NC(=O)CCCC(=O)N[C@H]2CC[C@@H](CNC(=O)CCOCCNC(=O)[C@H]3CC(=O)N(C)[C@@H]3c3cccnc3)CC2)C1. The predicted molar refractivity (Wildman–Crippen MR) is 262 cm³/mol. The van der Waals surface area contributed by atoms with Crippen LogP contribution in [0, 0.1) is 11.8 Å². The lowest BCUT2D eigenvalue weighted by Crippen LogP contribution is -2.58. The van der Waals surface area contributed by atoms with Crippen molar-refractivity contribution in [2.75, 3.05) is 52.3 Å². The number of amides is 6. The number of ether oxygens (including phenoxy) is 1. The second-order valence-corrected chi connectivity index (χ2v) is 20.1. The van der Waals surface area contributed by atoms with Crippen molar-refractivity contribution in [3.63, 3.8) is 0 Å². The van der Waals surface area contributed by atoms with Gasteiger partial charge in [0.1, 0.15) is 18.2 Å². The molecule has 2 saturated carbocycles. The maximum absolute atomic E-state index is 14.0. The molecule has 0 bridgehead atoms. The molecule has 392 valence electrons. The van der Waals surface area contributed by atoms with Crippen LogP contribution >= 0.6 is 0 Å². The van der Waals surface area contributed by atoms with Gasteiger partial charge in [-0.15, -0.1) is 0 Å². The van der Waals surface area contributed by atoms with Crippen LogP contribution in [0.3, 0.4) is 0 Å². The second-order valence-electron chi connectivity index (χ2n) is 20.1. The van der Waals surface area contributed by atoms with Crippen molar-refractivity contribution in [1.29, 1.82) is 0 Å². The van der Waals surface area contributed by atoms with E-state index in [1.807, 2.05) is 6.07 Å². The molecule has 6 amide bonds. The number of hydrogen-bond acceptors (Lipinski definition) is 12. The minimum atomic E-state index is -4.56. The lowest BCUT2D eigenvalue weighted by atomic mass is 9.84. The van der Waals surface area contributed by atoms with Gasteiger partial charge in [-0.3, -0.25) is 33.8 Å². The van der Waals surface area contributed by atoms with E-state index in [0.717, 1.165) is 49.8 Å². The fourth-order valence-electron chi connectivity index (χ4n) is 10.7. The second kappa shape index (κ2) is 24.6. The van der Waals surface area contributed by atoms with Gasteiger partial charge in [-0.05, 0) is 114 Å². The van der Waals surface area contributed by atoms with Gasteiger partial charge in [-0.25, -0.2) is 9.97 Å². The number of likely N-dealkylation sites (tertiary alicyclic amines) is 2. The molecule has 21 heteroatoms. The molecule has 7 rings (SSSR count). The van der Waals surface area contributed by atoms with E-state index in [2.05, 4.69) is 67.3 Å². The fraction of sp³-hybridized carbons (Fsp3) is 0.627. The summed E-state index contributed by atoms with van der Waals surface area (Å²) >= 11 is 0. The van der Waals surface area contributed by atoms with Crippen molar-refractivity contribution in [2.24, 2.45) is 11.8 Å². The zero-order chi connectivity index (χ0) is 51.5. The van der Waals surface area contributed by atoms with Crippen LogP contribution in [-0.4, -0.2) is 148 Å². The standard InChI is InChI=1S/C51H70F3N11O7/c1-31(2)63(3)36-15-17-42(65-22-18-40(50(65)71)62-48-37-25-34(51(52,53)54)12-16-39(37)58-30-59-48)41(26-36)61-45(68)9-5-8-44(67)60-35-13-10-32(11-14-35)28-57-43(66)19-23-72-24-21-56-49(70)38-27-46(69)64(4)47(38)33-7-6-20-55-29-33/h6-7,12,16,20,25,29-32,35-36,38,40-42,47H,5,8-11,13-15,17-19,21-24,26-28H2,1-4H3,(H,56,70)(H,57,66)(H,60,67)(H,61,68)(H,58,59,62)/t32-,35+,36-,38+,40+,41-,42+,47-/m1/s1. The highest BCUT2D eigenvalue weighted by Crippen LogP contribution is 2.37. The molecular formula is C51H70F3N11O7. The summed E-state index contributed by atoms with van der Waals surface area (Å²) in [5.41, 5.74) is 0.292. The fourth-order valence-corrected chi connectivity index (χ4v) is 10.7. The number of carbonyl (C=O) groups is 6. The van der Waals surface area contributed by atoms with Gasteiger partial charge >= 0.3 is 6.18 Å². The van der Waals surface area contributed by atoms with Gasteiger partial charge in [0.15, 0.2) is 0 Å². The Balaban J connectivity index is 0.780. The number of carbonyl (C=O) groups excluding carboxylic acids is 6. The van der Waals surface area contributed by atoms with Crippen LogP contribution in [-0.2, 0) is 39.7 Å². The Morgan fingerprint density at radius 2 is 1.67 bits per heavy atom. The van der Waals surface area contributed by atoms with Crippen LogP contribution in [0.2, 0.25) is 0 Å². The molecule has 0 unspecified atom stereocenters. The summed E-state index contributed by atoms with van der Waals surface area (Å²) in [6.07, 6.45) is 6.79. The van der Waals surface area contributed by atoms with E-state index < -0.39 is 23.7 Å². The van der Waals surface area contributed by atoms with Crippen molar-refractivity contribution in [3.05, 3.63) is 60.2 Å². The Labute approximate surface area is 418 Å². The highest BCUT2D eigenvalue weighted by atomic mass is 19.4. The lowest BCUT2D eigenvalue weighted by Gasteiger charge is -2.44. The summed E-state index contributed by atoms with van der Waals surface area (Å²) < 4.78 is 46.3. The monoisotopic (exact) mass is 1010 g/mol. The van der Waals surface area contributed by atoms with Gasteiger partial charge in [0.25, 0.3) is 0 Å².